The van der Waals surface area contributed by atoms with Crippen molar-refractivity contribution in [1.29, 1.82) is 0 Å². The molecule has 0 spiro atoms. The fourth-order valence-corrected chi connectivity index (χ4v) is 2.67. The molecule has 0 unspecified atom stereocenters. The lowest BCUT2D eigenvalue weighted by atomic mass is 10.2. The Morgan fingerprint density at radius 3 is 2.91 bits per heavy atom. The van der Waals surface area contributed by atoms with Gasteiger partial charge in [0, 0.05) is 25.0 Å². The Hall–Kier alpha value is -1.85. The van der Waals surface area contributed by atoms with Crippen LogP contribution in [0.5, 0.6) is 5.75 Å². The van der Waals surface area contributed by atoms with Gasteiger partial charge in [0.25, 0.3) is 0 Å². The van der Waals surface area contributed by atoms with Crippen molar-refractivity contribution in [2.75, 3.05) is 51.8 Å². The largest absolute Gasteiger partial charge is 0.497 e. The van der Waals surface area contributed by atoms with Gasteiger partial charge in [-0.2, -0.15) is 0 Å². The Kier molecular flexibility index (Phi) is 5.08. The molecule has 0 radical (unpaired) electrons. The Labute approximate surface area is 131 Å². The van der Waals surface area contributed by atoms with Crippen molar-refractivity contribution in [3.05, 3.63) is 30.3 Å². The summed E-state index contributed by atoms with van der Waals surface area (Å²) in [4.78, 5) is 7.08. The smallest absolute Gasteiger partial charge is 0.126 e. The van der Waals surface area contributed by atoms with Crippen molar-refractivity contribution in [2.24, 2.45) is 0 Å². The van der Waals surface area contributed by atoms with E-state index in [1.165, 1.54) is 0 Å². The van der Waals surface area contributed by atoms with E-state index in [2.05, 4.69) is 21.3 Å². The third-order valence-corrected chi connectivity index (χ3v) is 3.96. The Balaban J connectivity index is 1.50. The molecule has 5 nitrogen and oxygen atoms in total. The van der Waals surface area contributed by atoms with Crippen molar-refractivity contribution in [3.63, 3.8) is 0 Å². The molecule has 0 bridgehead atoms. The molecule has 1 aromatic heterocycles. The Morgan fingerprint density at radius 2 is 2.09 bits per heavy atom. The van der Waals surface area contributed by atoms with Crippen molar-refractivity contribution in [2.45, 2.75) is 6.42 Å². The normalized spacial score (nSPS) is 15.9. The fraction of sp³-hybridized carbons (Fsp3) is 0.471. The first-order valence-corrected chi connectivity index (χ1v) is 7.84. The monoisotopic (exact) mass is 301 g/mol. The maximum Gasteiger partial charge on any atom is 0.126 e. The molecule has 1 fully saturated rings. The second-order valence-electron chi connectivity index (χ2n) is 5.49. The van der Waals surface area contributed by atoms with Crippen LogP contribution in [0, 0.1) is 0 Å². The van der Waals surface area contributed by atoms with Crippen LogP contribution in [0.4, 0.5) is 5.82 Å². The average Bonchev–Trinajstić information content (AvgIpc) is 2.59. The van der Waals surface area contributed by atoms with Gasteiger partial charge in [0.2, 0.25) is 0 Å². The molecule has 5 heteroatoms. The third kappa shape index (κ3) is 3.87. The van der Waals surface area contributed by atoms with Gasteiger partial charge in [0.1, 0.15) is 11.6 Å². The number of pyridine rings is 1. The molecular weight excluding hydrogens is 278 g/mol. The zero-order valence-corrected chi connectivity index (χ0v) is 13.0. The molecule has 0 aliphatic carbocycles. The number of nitrogens with one attached hydrogen (secondary N) is 1. The van der Waals surface area contributed by atoms with Gasteiger partial charge < -0.3 is 14.8 Å². The van der Waals surface area contributed by atoms with Crippen LogP contribution < -0.4 is 10.1 Å². The van der Waals surface area contributed by atoms with Crippen LogP contribution in [0.2, 0.25) is 0 Å². The summed E-state index contributed by atoms with van der Waals surface area (Å²) < 4.78 is 10.6. The van der Waals surface area contributed by atoms with Crippen LogP contribution in [-0.2, 0) is 4.74 Å². The highest BCUT2D eigenvalue weighted by Gasteiger charge is 2.09. The number of fused-ring (bicyclic) bond motifs is 1. The molecule has 118 valence electrons. The molecule has 3 rings (SSSR count). The second-order valence-corrected chi connectivity index (χ2v) is 5.49. The number of anilines is 1. The van der Waals surface area contributed by atoms with E-state index in [0.29, 0.717) is 0 Å². The molecule has 0 atom stereocenters. The van der Waals surface area contributed by atoms with E-state index in [1.54, 1.807) is 7.11 Å². The first-order valence-electron chi connectivity index (χ1n) is 7.84. The minimum atomic E-state index is 0.862. The lowest BCUT2D eigenvalue weighted by Gasteiger charge is -2.26. The lowest BCUT2D eigenvalue weighted by Crippen LogP contribution is -2.37. The van der Waals surface area contributed by atoms with E-state index in [1.807, 2.05) is 24.3 Å². The SMILES string of the molecule is COc1ccc2nc(NCCCN3CCOCC3)ccc2c1. The second kappa shape index (κ2) is 7.42. The lowest BCUT2D eigenvalue weighted by molar-refractivity contribution is 0.0378. The topological polar surface area (TPSA) is 46.6 Å². The molecule has 1 N–H and O–H groups in total. The van der Waals surface area contributed by atoms with Gasteiger partial charge in [0.15, 0.2) is 0 Å². The molecular formula is C17H23N3O2. The number of ether oxygens (including phenoxy) is 2. The van der Waals surface area contributed by atoms with Gasteiger partial charge in [-0.25, -0.2) is 4.98 Å². The average molecular weight is 301 g/mol. The predicted octanol–water partition coefficient (Wildman–Crippen LogP) is 2.38. The van der Waals surface area contributed by atoms with Gasteiger partial charge in [-0.3, -0.25) is 4.90 Å². The standard InChI is InChI=1S/C17H23N3O2/c1-21-15-4-5-16-14(13-15)3-6-17(19-16)18-7-2-8-20-9-11-22-12-10-20/h3-6,13H,2,7-12H2,1H3,(H,18,19). The highest BCUT2D eigenvalue weighted by molar-refractivity contribution is 5.81. The molecule has 2 aromatic rings. The van der Waals surface area contributed by atoms with E-state index >= 15 is 0 Å². The van der Waals surface area contributed by atoms with Gasteiger partial charge in [-0.05, 0) is 43.3 Å². The van der Waals surface area contributed by atoms with Crippen molar-refractivity contribution in [3.8, 4) is 5.75 Å². The van der Waals surface area contributed by atoms with Gasteiger partial charge in [-0.15, -0.1) is 0 Å². The first-order chi connectivity index (χ1) is 10.8. The summed E-state index contributed by atoms with van der Waals surface area (Å²) in [6.45, 7) is 5.88. The molecule has 2 heterocycles. The summed E-state index contributed by atoms with van der Waals surface area (Å²) in [6, 6.07) is 10.0. The van der Waals surface area contributed by atoms with Crippen LogP contribution in [-0.4, -0.2) is 56.4 Å². The number of rotatable bonds is 6. The van der Waals surface area contributed by atoms with Gasteiger partial charge >= 0.3 is 0 Å². The van der Waals surface area contributed by atoms with E-state index in [9.17, 15) is 0 Å². The van der Waals surface area contributed by atoms with Gasteiger partial charge in [0.05, 0.1) is 25.8 Å². The number of benzene rings is 1. The zero-order valence-electron chi connectivity index (χ0n) is 13.0. The molecule has 1 aliphatic rings. The van der Waals surface area contributed by atoms with Crippen LogP contribution >= 0.6 is 0 Å². The van der Waals surface area contributed by atoms with E-state index in [0.717, 1.165) is 68.3 Å². The van der Waals surface area contributed by atoms with E-state index in [-0.39, 0.29) is 0 Å². The predicted molar refractivity (Wildman–Crippen MR) is 88.7 cm³/mol. The number of hydrogen-bond donors (Lipinski definition) is 1. The third-order valence-electron chi connectivity index (χ3n) is 3.96. The molecule has 1 aliphatic heterocycles. The minimum absolute atomic E-state index is 0.862. The number of morpholine rings is 1. The molecule has 1 aromatic carbocycles. The van der Waals surface area contributed by atoms with Crippen molar-refractivity contribution >= 4 is 16.7 Å². The minimum Gasteiger partial charge on any atom is -0.497 e. The van der Waals surface area contributed by atoms with Gasteiger partial charge in [-0.1, -0.05) is 0 Å². The highest BCUT2D eigenvalue weighted by Crippen LogP contribution is 2.20. The maximum atomic E-state index is 5.36. The Bertz CT molecular complexity index is 612. The summed E-state index contributed by atoms with van der Waals surface area (Å²) in [6.07, 6.45) is 1.11. The first kappa shape index (κ1) is 15.1. The van der Waals surface area contributed by atoms with Crippen LogP contribution in [0.3, 0.4) is 0 Å². The number of hydrogen-bond acceptors (Lipinski definition) is 5. The highest BCUT2D eigenvalue weighted by atomic mass is 16.5. The van der Waals surface area contributed by atoms with Crippen LogP contribution in [0.1, 0.15) is 6.42 Å². The molecule has 0 amide bonds. The number of aromatic nitrogens is 1. The summed E-state index contributed by atoms with van der Waals surface area (Å²) in [5, 5.41) is 4.50. The molecule has 1 saturated heterocycles. The summed E-state index contributed by atoms with van der Waals surface area (Å²) in [5.74, 6) is 1.79. The zero-order chi connectivity index (χ0) is 15.2. The van der Waals surface area contributed by atoms with E-state index < -0.39 is 0 Å². The molecule has 22 heavy (non-hydrogen) atoms. The molecule has 0 saturated carbocycles. The van der Waals surface area contributed by atoms with Crippen molar-refractivity contribution in [1.82, 2.24) is 9.88 Å². The summed E-state index contributed by atoms with van der Waals surface area (Å²) in [7, 11) is 1.68. The summed E-state index contributed by atoms with van der Waals surface area (Å²) in [5.41, 5.74) is 0.985. The summed E-state index contributed by atoms with van der Waals surface area (Å²) >= 11 is 0. The van der Waals surface area contributed by atoms with Crippen molar-refractivity contribution < 1.29 is 9.47 Å². The van der Waals surface area contributed by atoms with E-state index in [4.69, 9.17) is 9.47 Å². The van der Waals surface area contributed by atoms with Crippen LogP contribution in [0.15, 0.2) is 30.3 Å². The number of nitrogens with zero attached hydrogens (tertiary/aromatic N) is 2. The number of methoxy groups -OCH3 is 1. The fourth-order valence-electron chi connectivity index (χ4n) is 2.67. The Morgan fingerprint density at radius 1 is 1.23 bits per heavy atom. The van der Waals surface area contributed by atoms with Crippen LogP contribution in [0.25, 0.3) is 10.9 Å². The quantitative estimate of drug-likeness (QED) is 0.830. The maximum absolute atomic E-state index is 5.36.